The molecule has 0 aromatic carbocycles. The molecule has 4 heteroatoms. The SMILES string of the molecule is CNC(c1ccc(F)cn1)c1cccs1. The minimum Gasteiger partial charge on any atom is -0.307 e. The maximum Gasteiger partial charge on any atom is 0.141 e. The van der Waals surface area contributed by atoms with Gasteiger partial charge in [0.2, 0.25) is 0 Å². The van der Waals surface area contributed by atoms with Crippen molar-refractivity contribution in [1.82, 2.24) is 10.3 Å². The fraction of sp³-hybridized carbons (Fsp3) is 0.182. The Bertz CT molecular complexity index is 411. The molecule has 2 aromatic heterocycles. The Morgan fingerprint density at radius 2 is 2.27 bits per heavy atom. The number of nitrogens with one attached hydrogen (secondary N) is 1. The molecule has 0 spiro atoms. The van der Waals surface area contributed by atoms with Crippen LogP contribution in [0.25, 0.3) is 0 Å². The molecule has 0 radical (unpaired) electrons. The highest BCUT2D eigenvalue weighted by Gasteiger charge is 2.13. The molecule has 0 aliphatic rings. The van der Waals surface area contributed by atoms with Crippen molar-refractivity contribution in [1.29, 1.82) is 0 Å². The second kappa shape index (κ2) is 4.51. The van der Waals surface area contributed by atoms with Crippen molar-refractivity contribution in [2.75, 3.05) is 7.05 Å². The predicted molar refractivity (Wildman–Crippen MR) is 59.4 cm³/mol. The molecular weight excluding hydrogens is 211 g/mol. The molecule has 78 valence electrons. The number of rotatable bonds is 3. The molecule has 0 aliphatic heterocycles. The molecule has 2 aromatic rings. The Morgan fingerprint density at radius 3 is 2.80 bits per heavy atom. The first-order chi connectivity index (χ1) is 7.31. The molecular formula is C11H11FN2S. The average Bonchev–Trinajstić information content (AvgIpc) is 2.75. The number of hydrogen-bond acceptors (Lipinski definition) is 3. The van der Waals surface area contributed by atoms with Gasteiger partial charge in [-0.15, -0.1) is 11.3 Å². The fourth-order valence-electron chi connectivity index (χ4n) is 1.45. The van der Waals surface area contributed by atoms with E-state index in [-0.39, 0.29) is 11.9 Å². The van der Waals surface area contributed by atoms with Crippen LogP contribution >= 0.6 is 11.3 Å². The quantitative estimate of drug-likeness (QED) is 0.863. The number of nitrogens with zero attached hydrogens (tertiary/aromatic N) is 1. The predicted octanol–water partition coefficient (Wildman–Crippen LogP) is 2.59. The van der Waals surface area contributed by atoms with Crippen LogP contribution in [0.5, 0.6) is 0 Å². The van der Waals surface area contributed by atoms with Gasteiger partial charge in [-0.25, -0.2) is 4.39 Å². The van der Waals surface area contributed by atoms with E-state index in [1.165, 1.54) is 17.1 Å². The molecule has 1 N–H and O–H groups in total. The average molecular weight is 222 g/mol. The minimum absolute atomic E-state index is 0.0469. The Kier molecular flexibility index (Phi) is 3.08. The van der Waals surface area contributed by atoms with Crippen LogP contribution in [-0.4, -0.2) is 12.0 Å². The van der Waals surface area contributed by atoms with E-state index in [1.807, 2.05) is 24.6 Å². The van der Waals surface area contributed by atoms with Crippen LogP contribution in [0.15, 0.2) is 35.8 Å². The van der Waals surface area contributed by atoms with E-state index in [1.54, 1.807) is 17.4 Å². The lowest BCUT2D eigenvalue weighted by Gasteiger charge is -2.13. The van der Waals surface area contributed by atoms with Crippen molar-refractivity contribution in [3.05, 3.63) is 52.2 Å². The zero-order chi connectivity index (χ0) is 10.7. The third-order valence-electron chi connectivity index (χ3n) is 2.16. The number of hydrogen-bond donors (Lipinski definition) is 1. The molecule has 2 rings (SSSR count). The van der Waals surface area contributed by atoms with Gasteiger partial charge in [0, 0.05) is 4.88 Å². The largest absolute Gasteiger partial charge is 0.307 e. The summed E-state index contributed by atoms with van der Waals surface area (Å²) in [6.45, 7) is 0. The monoisotopic (exact) mass is 222 g/mol. The molecule has 0 fully saturated rings. The summed E-state index contributed by atoms with van der Waals surface area (Å²) in [4.78, 5) is 5.25. The summed E-state index contributed by atoms with van der Waals surface area (Å²) >= 11 is 1.66. The van der Waals surface area contributed by atoms with Crippen molar-refractivity contribution >= 4 is 11.3 Å². The highest BCUT2D eigenvalue weighted by molar-refractivity contribution is 7.10. The highest BCUT2D eigenvalue weighted by Crippen LogP contribution is 2.23. The van der Waals surface area contributed by atoms with Crippen LogP contribution in [0.2, 0.25) is 0 Å². The lowest BCUT2D eigenvalue weighted by atomic mass is 10.1. The van der Waals surface area contributed by atoms with Crippen molar-refractivity contribution in [3.63, 3.8) is 0 Å². The fourth-order valence-corrected chi connectivity index (χ4v) is 2.30. The zero-order valence-corrected chi connectivity index (χ0v) is 9.09. The number of aromatic nitrogens is 1. The summed E-state index contributed by atoms with van der Waals surface area (Å²) in [6, 6.07) is 7.21. The second-order valence-corrected chi connectivity index (χ2v) is 4.12. The summed E-state index contributed by atoms with van der Waals surface area (Å²) in [5, 5.41) is 5.18. The zero-order valence-electron chi connectivity index (χ0n) is 8.27. The van der Waals surface area contributed by atoms with E-state index in [2.05, 4.69) is 10.3 Å². The first-order valence-electron chi connectivity index (χ1n) is 4.63. The molecule has 1 atom stereocenters. The van der Waals surface area contributed by atoms with Crippen LogP contribution in [0.4, 0.5) is 4.39 Å². The normalized spacial score (nSPS) is 12.7. The van der Waals surface area contributed by atoms with E-state index in [0.29, 0.717) is 0 Å². The molecule has 0 aliphatic carbocycles. The molecule has 0 bridgehead atoms. The van der Waals surface area contributed by atoms with Crippen molar-refractivity contribution in [2.24, 2.45) is 0 Å². The van der Waals surface area contributed by atoms with Gasteiger partial charge in [0.1, 0.15) is 5.82 Å². The molecule has 2 nitrogen and oxygen atoms in total. The van der Waals surface area contributed by atoms with E-state index >= 15 is 0 Å². The Hall–Kier alpha value is -1.26. The maximum atomic E-state index is 12.7. The summed E-state index contributed by atoms with van der Waals surface area (Å²) in [5.74, 6) is -0.306. The van der Waals surface area contributed by atoms with Crippen molar-refractivity contribution < 1.29 is 4.39 Å². The van der Waals surface area contributed by atoms with Crippen LogP contribution in [0, 0.1) is 5.82 Å². The van der Waals surface area contributed by atoms with Gasteiger partial charge in [0.25, 0.3) is 0 Å². The molecule has 2 heterocycles. The van der Waals surface area contributed by atoms with E-state index in [0.717, 1.165) is 5.69 Å². The number of thiophene rings is 1. The number of pyridine rings is 1. The highest BCUT2D eigenvalue weighted by atomic mass is 32.1. The molecule has 1 unspecified atom stereocenters. The van der Waals surface area contributed by atoms with Gasteiger partial charge in [-0.05, 0) is 30.6 Å². The minimum atomic E-state index is -0.306. The van der Waals surface area contributed by atoms with Gasteiger partial charge in [-0.3, -0.25) is 4.98 Å². The Morgan fingerprint density at radius 1 is 1.40 bits per heavy atom. The molecule has 0 amide bonds. The second-order valence-electron chi connectivity index (χ2n) is 3.14. The van der Waals surface area contributed by atoms with Gasteiger partial charge < -0.3 is 5.32 Å². The van der Waals surface area contributed by atoms with Crippen LogP contribution in [0.3, 0.4) is 0 Å². The van der Waals surface area contributed by atoms with Crippen molar-refractivity contribution in [3.8, 4) is 0 Å². The molecule has 15 heavy (non-hydrogen) atoms. The van der Waals surface area contributed by atoms with Gasteiger partial charge in [0.05, 0.1) is 17.9 Å². The van der Waals surface area contributed by atoms with Crippen LogP contribution in [-0.2, 0) is 0 Å². The lowest BCUT2D eigenvalue weighted by Crippen LogP contribution is -2.17. The third kappa shape index (κ3) is 2.22. The molecule has 0 saturated carbocycles. The standard InChI is InChI=1S/C11H11FN2S/c1-13-11(10-3-2-6-15-10)9-5-4-8(12)7-14-9/h2-7,11,13H,1H3. The first kappa shape index (κ1) is 10.3. The smallest absolute Gasteiger partial charge is 0.141 e. The number of halogens is 1. The maximum absolute atomic E-state index is 12.7. The summed E-state index contributed by atoms with van der Waals surface area (Å²) in [5.41, 5.74) is 0.835. The summed E-state index contributed by atoms with van der Waals surface area (Å²) in [6.07, 6.45) is 1.24. The Balaban J connectivity index is 2.31. The summed E-state index contributed by atoms with van der Waals surface area (Å²) < 4.78 is 12.7. The van der Waals surface area contributed by atoms with Crippen LogP contribution in [0.1, 0.15) is 16.6 Å². The van der Waals surface area contributed by atoms with E-state index in [4.69, 9.17) is 0 Å². The van der Waals surface area contributed by atoms with Crippen molar-refractivity contribution in [2.45, 2.75) is 6.04 Å². The lowest BCUT2D eigenvalue weighted by molar-refractivity contribution is 0.611. The first-order valence-corrected chi connectivity index (χ1v) is 5.51. The summed E-state index contributed by atoms with van der Waals surface area (Å²) in [7, 11) is 1.87. The van der Waals surface area contributed by atoms with Crippen LogP contribution < -0.4 is 5.32 Å². The topological polar surface area (TPSA) is 24.9 Å². The Labute approximate surface area is 91.8 Å². The van der Waals surface area contributed by atoms with E-state index < -0.39 is 0 Å². The van der Waals surface area contributed by atoms with Gasteiger partial charge in [-0.2, -0.15) is 0 Å². The van der Waals surface area contributed by atoms with Gasteiger partial charge in [0.15, 0.2) is 0 Å². The third-order valence-corrected chi connectivity index (χ3v) is 3.10. The van der Waals surface area contributed by atoms with E-state index in [9.17, 15) is 4.39 Å². The van der Waals surface area contributed by atoms with Gasteiger partial charge in [-0.1, -0.05) is 6.07 Å². The van der Waals surface area contributed by atoms with Gasteiger partial charge >= 0.3 is 0 Å². The molecule has 0 saturated heterocycles.